The van der Waals surface area contributed by atoms with E-state index in [9.17, 15) is 0 Å². The van der Waals surface area contributed by atoms with Crippen LogP contribution in [0.4, 0.5) is 0 Å². The highest BCUT2D eigenvalue weighted by Crippen LogP contribution is 2.33. The SMILES string of the molecule is CC1(C)C=C(c2cn[nH]c2C(N)=NO)[N+](C)(C)N1. The van der Waals surface area contributed by atoms with Crippen LogP contribution >= 0.6 is 0 Å². The molecule has 0 atom stereocenters. The monoisotopic (exact) mass is 251 g/mol. The second kappa shape index (κ2) is 3.82. The molecule has 7 heteroatoms. The lowest BCUT2D eigenvalue weighted by Gasteiger charge is -2.29. The van der Waals surface area contributed by atoms with Gasteiger partial charge in [0.2, 0.25) is 0 Å². The third kappa shape index (κ3) is 1.98. The minimum absolute atomic E-state index is 0.0214. The molecular formula is C11H19N6O+. The van der Waals surface area contributed by atoms with E-state index < -0.39 is 0 Å². The number of nitrogens with one attached hydrogen (secondary N) is 2. The van der Waals surface area contributed by atoms with E-state index in [0.717, 1.165) is 11.3 Å². The van der Waals surface area contributed by atoms with E-state index in [1.54, 1.807) is 6.20 Å². The molecule has 5 N–H and O–H groups in total. The number of hydrogen-bond acceptors (Lipinski definition) is 4. The van der Waals surface area contributed by atoms with Crippen molar-refractivity contribution in [2.75, 3.05) is 14.1 Å². The van der Waals surface area contributed by atoms with E-state index in [-0.39, 0.29) is 11.4 Å². The van der Waals surface area contributed by atoms with Crippen LogP contribution in [-0.2, 0) is 0 Å². The molecule has 0 fully saturated rings. The number of quaternary nitrogens is 1. The Kier molecular flexibility index (Phi) is 2.67. The molecule has 0 bridgehead atoms. The predicted molar refractivity (Wildman–Crippen MR) is 68.4 cm³/mol. The summed E-state index contributed by atoms with van der Waals surface area (Å²) < 4.78 is 0.498. The zero-order valence-electron chi connectivity index (χ0n) is 11.0. The Bertz CT molecular complexity index is 525. The molecule has 0 unspecified atom stereocenters. The summed E-state index contributed by atoms with van der Waals surface area (Å²) in [4.78, 5) is 0. The van der Waals surface area contributed by atoms with Crippen molar-refractivity contribution >= 4 is 11.5 Å². The minimum Gasteiger partial charge on any atom is -0.409 e. The standard InChI is InChI=1S/C11H18N6O/c1-11(2)5-8(17(3,4)16-11)7-6-13-14-9(7)10(12)15-18/h5-6,16H,1-4H3,(H3-,12,13,14,15,18)/p+1. The van der Waals surface area contributed by atoms with E-state index in [4.69, 9.17) is 10.9 Å². The summed E-state index contributed by atoms with van der Waals surface area (Å²) in [6, 6.07) is 0. The van der Waals surface area contributed by atoms with Gasteiger partial charge in [-0.05, 0) is 13.8 Å². The lowest BCUT2D eigenvalue weighted by molar-refractivity contribution is -0.864. The summed E-state index contributed by atoms with van der Waals surface area (Å²) in [6.07, 6.45) is 3.80. The van der Waals surface area contributed by atoms with Crippen LogP contribution in [0.3, 0.4) is 0 Å². The van der Waals surface area contributed by atoms with Crippen LogP contribution in [0.2, 0.25) is 0 Å². The quantitative estimate of drug-likeness (QED) is 0.199. The Morgan fingerprint density at radius 2 is 2.17 bits per heavy atom. The molecule has 0 saturated heterocycles. The average Bonchev–Trinajstić information content (AvgIpc) is 2.78. The topological polar surface area (TPSA) is 99.3 Å². The molecular weight excluding hydrogens is 232 g/mol. The Balaban J connectivity index is 2.53. The fraction of sp³-hybridized carbons (Fsp3) is 0.455. The highest BCUT2D eigenvalue weighted by atomic mass is 16.4. The normalized spacial score (nSPS) is 22.0. The predicted octanol–water partition coefficient (Wildman–Crippen LogP) is 0.218. The molecule has 1 aromatic heterocycles. The summed E-state index contributed by atoms with van der Waals surface area (Å²) in [5.41, 5.74) is 11.3. The van der Waals surface area contributed by atoms with Crippen molar-refractivity contribution in [1.82, 2.24) is 15.6 Å². The van der Waals surface area contributed by atoms with Gasteiger partial charge in [0.1, 0.15) is 5.69 Å². The summed E-state index contributed by atoms with van der Waals surface area (Å²) in [5.74, 6) is 0.0214. The van der Waals surface area contributed by atoms with Gasteiger partial charge in [0.25, 0.3) is 0 Å². The second-order valence-electron chi connectivity index (χ2n) is 5.46. The highest BCUT2D eigenvalue weighted by molar-refractivity contribution is 5.99. The number of aromatic nitrogens is 2. The maximum atomic E-state index is 8.78. The van der Waals surface area contributed by atoms with Crippen LogP contribution in [0.25, 0.3) is 5.70 Å². The van der Waals surface area contributed by atoms with Crippen molar-refractivity contribution in [3.8, 4) is 0 Å². The van der Waals surface area contributed by atoms with Crippen LogP contribution < -0.4 is 11.2 Å². The first kappa shape index (κ1) is 12.6. The molecule has 2 rings (SSSR count). The smallest absolute Gasteiger partial charge is 0.189 e. The number of amidine groups is 1. The van der Waals surface area contributed by atoms with Gasteiger partial charge >= 0.3 is 0 Å². The first-order valence-electron chi connectivity index (χ1n) is 5.65. The van der Waals surface area contributed by atoms with Gasteiger partial charge in [-0.2, -0.15) is 10.5 Å². The summed E-state index contributed by atoms with van der Waals surface area (Å²) in [5, 5.41) is 18.5. The van der Waals surface area contributed by atoms with Crippen molar-refractivity contribution in [2.45, 2.75) is 19.4 Å². The first-order chi connectivity index (χ1) is 8.27. The van der Waals surface area contributed by atoms with Crippen LogP contribution in [0.1, 0.15) is 25.1 Å². The van der Waals surface area contributed by atoms with E-state index in [2.05, 4.69) is 40.7 Å². The van der Waals surface area contributed by atoms with Crippen molar-refractivity contribution in [3.05, 3.63) is 23.5 Å². The maximum absolute atomic E-state index is 8.78. The van der Waals surface area contributed by atoms with E-state index in [1.807, 2.05) is 14.1 Å². The van der Waals surface area contributed by atoms with Crippen molar-refractivity contribution in [3.63, 3.8) is 0 Å². The zero-order chi connectivity index (χ0) is 13.6. The van der Waals surface area contributed by atoms with Gasteiger partial charge in [-0.15, -0.1) is 0 Å². The molecule has 0 aliphatic carbocycles. The highest BCUT2D eigenvalue weighted by Gasteiger charge is 2.41. The van der Waals surface area contributed by atoms with Crippen molar-refractivity contribution < 1.29 is 9.80 Å². The molecule has 0 radical (unpaired) electrons. The molecule has 1 aliphatic heterocycles. The molecule has 1 aromatic rings. The van der Waals surface area contributed by atoms with Crippen molar-refractivity contribution in [1.29, 1.82) is 0 Å². The van der Waals surface area contributed by atoms with Crippen LogP contribution in [0.5, 0.6) is 0 Å². The summed E-state index contributed by atoms with van der Waals surface area (Å²) >= 11 is 0. The van der Waals surface area contributed by atoms with E-state index in [0.29, 0.717) is 10.3 Å². The van der Waals surface area contributed by atoms with Crippen molar-refractivity contribution in [2.24, 2.45) is 10.9 Å². The van der Waals surface area contributed by atoms with Gasteiger partial charge in [-0.25, -0.2) is 4.59 Å². The van der Waals surface area contributed by atoms with E-state index >= 15 is 0 Å². The zero-order valence-corrected chi connectivity index (χ0v) is 11.0. The van der Waals surface area contributed by atoms with Gasteiger partial charge in [0, 0.05) is 6.08 Å². The van der Waals surface area contributed by atoms with Gasteiger partial charge < -0.3 is 10.9 Å². The Hall–Kier alpha value is -1.86. The summed E-state index contributed by atoms with van der Waals surface area (Å²) in [6.45, 7) is 4.17. The first-order valence-corrected chi connectivity index (χ1v) is 5.65. The number of hydrogen-bond donors (Lipinski definition) is 4. The molecule has 0 aromatic carbocycles. The Labute approximate surface area is 106 Å². The third-order valence-electron chi connectivity index (χ3n) is 2.95. The van der Waals surface area contributed by atoms with Crippen LogP contribution in [0, 0.1) is 0 Å². The number of aromatic amines is 1. The Morgan fingerprint density at radius 3 is 2.67 bits per heavy atom. The molecule has 18 heavy (non-hydrogen) atoms. The average molecular weight is 251 g/mol. The number of nitrogens with zero attached hydrogens (tertiary/aromatic N) is 3. The van der Waals surface area contributed by atoms with Gasteiger partial charge in [-0.1, -0.05) is 5.16 Å². The van der Waals surface area contributed by atoms with Gasteiger partial charge in [0.15, 0.2) is 11.5 Å². The van der Waals surface area contributed by atoms with Gasteiger partial charge in [-0.3, -0.25) is 5.10 Å². The number of nitrogens with two attached hydrogens (primary N) is 1. The molecule has 0 saturated carbocycles. The third-order valence-corrected chi connectivity index (χ3v) is 2.95. The number of rotatable bonds is 2. The molecule has 2 heterocycles. The molecule has 1 aliphatic rings. The molecule has 7 nitrogen and oxygen atoms in total. The maximum Gasteiger partial charge on any atom is 0.189 e. The molecule has 0 amide bonds. The van der Waals surface area contributed by atoms with E-state index in [1.165, 1.54) is 0 Å². The fourth-order valence-corrected chi connectivity index (χ4v) is 2.42. The van der Waals surface area contributed by atoms with Crippen LogP contribution in [-0.4, -0.2) is 45.5 Å². The summed E-state index contributed by atoms with van der Waals surface area (Å²) in [7, 11) is 4.06. The Morgan fingerprint density at radius 1 is 1.50 bits per heavy atom. The molecule has 98 valence electrons. The fourth-order valence-electron chi connectivity index (χ4n) is 2.42. The lowest BCUT2D eigenvalue weighted by Crippen LogP contribution is -2.52. The second-order valence-corrected chi connectivity index (χ2v) is 5.46. The minimum atomic E-state index is -0.126. The number of H-pyrrole nitrogens is 1. The van der Waals surface area contributed by atoms with Crippen LogP contribution in [0.15, 0.2) is 17.4 Å². The lowest BCUT2D eigenvalue weighted by atomic mass is 10.0. The largest absolute Gasteiger partial charge is 0.409 e. The van der Waals surface area contributed by atoms with Gasteiger partial charge in [0.05, 0.1) is 31.4 Å². The number of oxime groups is 1. The molecule has 0 spiro atoms.